The molecule has 0 bridgehead atoms. The Kier molecular flexibility index (Phi) is 6.05. The number of amides is 2. The molecule has 9 heteroatoms. The summed E-state index contributed by atoms with van der Waals surface area (Å²) in [6.45, 7) is 4.63. The summed E-state index contributed by atoms with van der Waals surface area (Å²) in [7, 11) is 0. The lowest BCUT2D eigenvalue weighted by Crippen LogP contribution is -2.35. The third-order valence-electron chi connectivity index (χ3n) is 3.94. The molecule has 0 saturated carbocycles. The normalized spacial score (nSPS) is 10.4. The number of nitrogens with zero attached hydrogens (tertiary/aromatic N) is 3. The van der Waals surface area contributed by atoms with Gasteiger partial charge in [-0.2, -0.15) is 5.10 Å². The Morgan fingerprint density at radius 2 is 1.92 bits per heavy atom. The highest BCUT2D eigenvalue weighted by molar-refractivity contribution is 5.95. The number of nitrogens with one attached hydrogen (secondary N) is 2. The van der Waals surface area contributed by atoms with Crippen LogP contribution in [-0.2, 0) is 22.6 Å². The maximum Gasteiger partial charge on any atom is 0.312 e. The second kappa shape index (κ2) is 8.24. The van der Waals surface area contributed by atoms with Crippen LogP contribution in [0.2, 0.25) is 0 Å². The Hall–Kier alpha value is -3.23. The molecule has 1 heterocycles. The molecule has 1 aromatic carbocycles. The van der Waals surface area contributed by atoms with Crippen LogP contribution in [0.5, 0.6) is 0 Å². The van der Waals surface area contributed by atoms with Crippen LogP contribution in [-0.4, -0.2) is 33.1 Å². The maximum atomic E-state index is 12.0. The van der Waals surface area contributed by atoms with Crippen molar-refractivity contribution in [3.63, 3.8) is 0 Å². The van der Waals surface area contributed by atoms with Crippen molar-refractivity contribution in [3.05, 3.63) is 51.3 Å². The van der Waals surface area contributed by atoms with E-state index < -0.39 is 10.8 Å². The van der Waals surface area contributed by atoms with Crippen LogP contribution in [0.25, 0.3) is 0 Å². The van der Waals surface area contributed by atoms with Crippen molar-refractivity contribution in [2.45, 2.75) is 33.7 Å². The van der Waals surface area contributed by atoms with Gasteiger partial charge in [0, 0.05) is 5.69 Å². The minimum absolute atomic E-state index is 0.105. The van der Waals surface area contributed by atoms with Crippen LogP contribution in [0.1, 0.15) is 23.9 Å². The van der Waals surface area contributed by atoms with E-state index in [1.165, 1.54) is 18.5 Å². The summed E-state index contributed by atoms with van der Waals surface area (Å²) in [5.41, 5.74) is 2.15. The number of hydrogen-bond donors (Lipinski definition) is 2. The Bertz CT molecular complexity index is 844. The molecule has 2 N–H and O–H groups in total. The lowest BCUT2D eigenvalue weighted by atomic mass is 10.1. The molecule has 0 aliphatic carbocycles. The summed E-state index contributed by atoms with van der Waals surface area (Å²) in [5.74, 6) is -0.803. The molecule has 1 aromatic heterocycles. The predicted octanol–water partition coefficient (Wildman–Crippen LogP) is 1.73. The summed E-state index contributed by atoms with van der Waals surface area (Å²) in [6, 6.07) is 7.43. The van der Waals surface area contributed by atoms with E-state index in [1.807, 2.05) is 25.1 Å². The lowest BCUT2D eigenvalue weighted by molar-refractivity contribution is -0.386. The van der Waals surface area contributed by atoms with E-state index in [-0.39, 0.29) is 30.4 Å². The first-order valence-electron chi connectivity index (χ1n) is 8.16. The lowest BCUT2D eigenvalue weighted by Gasteiger charge is -2.10. The molecule has 0 fully saturated rings. The third kappa shape index (κ3) is 4.44. The number of rotatable bonds is 7. The van der Waals surface area contributed by atoms with Gasteiger partial charge in [0.1, 0.15) is 17.9 Å². The van der Waals surface area contributed by atoms with Gasteiger partial charge in [0.2, 0.25) is 11.8 Å². The van der Waals surface area contributed by atoms with Gasteiger partial charge in [-0.3, -0.25) is 24.4 Å². The van der Waals surface area contributed by atoms with Crippen molar-refractivity contribution in [1.82, 2.24) is 15.1 Å². The Labute approximate surface area is 150 Å². The molecule has 26 heavy (non-hydrogen) atoms. The molecule has 0 aliphatic heterocycles. The zero-order valence-corrected chi connectivity index (χ0v) is 14.9. The molecule has 0 aliphatic rings. The molecule has 0 unspecified atom stereocenters. The number of hydrogen-bond acceptors (Lipinski definition) is 5. The first-order chi connectivity index (χ1) is 12.3. The number of anilines is 1. The monoisotopic (exact) mass is 359 g/mol. The number of carbonyl (C=O) groups is 2. The third-order valence-corrected chi connectivity index (χ3v) is 3.94. The van der Waals surface area contributed by atoms with E-state index in [2.05, 4.69) is 15.7 Å². The van der Waals surface area contributed by atoms with Crippen LogP contribution in [0.3, 0.4) is 0 Å². The molecule has 138 valence electrons. The molecule has 2 aromatic rings. The highest BCUT2D eigenvalue weighted by atomic mass is 16.6. The van der Waals surface area contributed by atoms with Crippen molar-refractivity contribution >= 4 is 23.2 Å². The summed E-state index contributed by atoms with van der Waals surface area (Å²) >= 11 is 0. The van der Waals surface area contributed by atoms with Crippen LogP contribution in [0.15, 0.2) is 24.3 Å². The second-order valence-corrected chi connectivity index (χ2v) is 5.77. The molecule has 0 radical (unpaired) electrons. The Balaban J connectivity index is 1.92. The average molecular weight is 359 g/mol. The summed E-state index contributed by atoms with van der Waals surface area (Å²) in [6.07, 6.45) is 0.777. The van der Waals surface area contributed by atoms with E-state index >= 15 is 0 Å². The van der Waals surface area contributed by atoms with Gasteiger partial charge in [-0.1, -0.05) is 25.1 Å². The topological polar surface area (TPSA) is 119 Å². The first-order valence-corrected chi connectivity index (χ1v) is 8.16. The fourth-order valence-electron chi connectivity index (χ4n) is 2.62. The molecule has 0 atom stereocenters. The minimum atomic E-state index is -0.523. The SMILES string of the molecule is CCc1ccccc1NC(=O)CNC(=O)Cn1nc(C)c([N+](=O)[O-])c1C. The zero-order valence-electron chi connectivity index (χ0n) is 14.9. The largest absolute Gasteiger partial charge is 0.345 e. The van der Waals surface area contributed by atoms with Gasteiger partial charge in [-0.15, -0.1) is 0 Å². The van der Waals surface area contributed by atoms with Crippen LogP contribution in [0, 0.1) is 24.0 Å². The highest BCUT2D eigenvalue weighted by Gasteiger charge is 2.22. The van der Waals surface area contributed by atoms with Crippen LogP contribution >= 0.6 is 0 Å². The first kappa shape index (κ1) is 19.1. The van der Waals surface area contributed by atoms with E-state index in [0.717, 1.165) is 12.0 Å². The van der Waals surface area contributed by atoms with Crippen molar-refractivity contribution in [1.29, 1.82) is 0 Å². The van der Waals surface area contributed by atoms with Gasteiger partial charge in [-0.25, -0.2) is 0 Å². The van der Waals surface area contributed by atoms with Crippen molar-refractivity contribution in [2.24, 2.45) is 0 Å². The summed E-state index contributed by atoms with van der Waals surface area (Å²) in [5, 5.41) is 20.2. The Morgan fingerprint density at radius 1 is 1.23 bits per heavy atom. The standard InChI is InChI=1S/C17H21N5O4/c1-4-13-7-5-6-8-14(13)19-15(23)9-18-16(24)10-21-12(3)17(22(25)26)11(2)20-21/h5-8H,4,9-10H2,1-3H3,(H,18,24)(H,19,23). The number of benzene rings is 1. The van der Waals surface area contributed by atoms with Gasteiger partial charge < -0.3 is 10.6 Å². The summed E-state index contributed by atoms with van der Waals surface area (Å²) < 4.78 is 1.26. The molecule has 0 saturated heterocycles. The molecule has 2 amide bonds. The molecule has 0 spiro atoms. The van der Waals surface area contributed by atoms with Crippen molar-refractivity contribution < 1.29 is 14.5 Å². The fraction of sp³-hybridized carbons (Fsp3) is 0.353. The zero-order chi connectivity index (χ0) is 19.3. The molecular weight excluding hydrogens is 338 g/mol. The summed E-state index contributed by atoms with van der Waals surface area (Å²) in [4.78, 5) is 34.5. The molecule has 9 nitrogen and oxygen atoms in total. The van der Waals surface area contributed by atoms with Gasteiger partial charge in [0.05, 0.1) is 11.5 Å². The second-order valence-electron chi connectivity index (χ2n) is 5.77. The smallest absolute Gasteiger partial charge is 0.312 e. The van der Waals surface area contributed by atoms with Crippen LogP contribution < -0.4 is 10.6 Å². The van der Waals surface area contributed by atoms with Gasteiger partial charge in [-0.05, 0) is 31.9 Å². The number of aromatic nitrogens is 2. The number of aryl methyl sites for hydroxylation is 2. The van der Waals surface area contributed by atoms with E-state index in [9.17, 15) is 19.7 Å². The highest BCUT2D eigenvalue weighted by Crippen LogP contribution is 2.21. The van der Waals surface area contributed by atoms with Crippen LogP contribution in [0.4, 0.5) is 11.4 Å². The maximum absolute atomic E-state index is 12.0. The fourth-order valence-corrected chi connectivity index (χ4v) is 2.62. The van der Waals surface area contributed by atoms with Crippen molar-refractivity contribution in [2.75, 3.05) is 11.9 Å². The quantitative estimate of drug-likeness (QED) is 0.576. The van der Waals surface area contributed by atoms with E-state index in [1.54, 1.807) is 6.07 Å². The molecular formula is C17H21N5O4. The Morgan fingerprint density at radius 3 is 2.54 bits per heavy atom. The van der Waals surface area contributed by atoms with E-state index in [0.29, 0.717) is 11.4 Å². The average Bonchev–Trinajstić information content (AvgIpc) is 2.87. The van der Waals surface area contributed by atoms with E-state index in [4.69, 9.17) is 0 Å². The number of nitro groups is 1. The van der Waals surface area contributed by atoms with Gasteiger partial charge in [0.15, 0.2) is 0 Å². The van der Waals surface area contributed by atoms with Crippen molar-refractivity contribution in [3.8, 4) is 0 Å². The number of carbonyl (C=O) groups excluding carboxylic acids is 2. The predicted molar refractivity (Wildman–Crippen MR) is 95.8 cm³/mol. The molecule has 2 rings (SSSR count). The number of para-hydroxylation sites is 1. The van der Waals surface area contributed by atoms with Gasteiger partial charge >= 0.3 is 5.69 Å². The van der Waals surface area contributed by atoms with Gasteiger partial charge in [0.25, 0.3) is 0 Å². The minimum Gasteiger partial charge on any atom is -0.345 e.